The minimum Gasteiger partial charge on any atom is -0.335 e. The first-order valence-electron chi connectivity index (χ1n) is 7.37. The third-order valence-electron chi connectivity index (χ3n) is 3.76. The third kappa shape index (κ3) is 4.26. The highest BCUT2D eigenvalue weighted by Crippen LogP contribution is 2.46. The van der Waals surface area contributed by atoms with Gasteiger partial charge in [0, 0.05) is 18.9 Å². The molecule has 0 bridgehead atoms. The van der Waals surface area contributed by atoms with Crippen molar-refractivity contribution in [3.8, 4) is 0 Å². The Labute approximate surface area is 141 Å². The number of hydrogen-bond donors (Lipinski definition) is 0. The first-order valence-corrected chi connectivity index (χ1v) is 9.34. The lowest BCUT2D eigenvalue weighted by atomic mass is 10.1. The van der Waals surface area contributed by atoms with E-state index < -0.39 is 11.7 Å². The van der Waals surface area contributed by atoms with Crippen LogP contribution < -0.4 is 0 Å². The summed E-state index contributed by atoms with van der Waals surface area (Å²) in [7, 11) is 0. The average molecular weight is 358 g/mol. The largest absolute Gasteiger partial charge is 0.416 e. The van der Waals surface area contributed by atoms with Gasteiger partial charge in [-0.3, -0.25) is 0 Å². The number of imidazole rings is 1. The second-order valence-corrected chi connectivity index (χ2v) is 8.78. The maximum atomic E-state index is 12.7. The number of thioether (sulfide) groups is 2. The predicted molar refractivity (Wildman–Crippen MR) is 89.6 cm³/mol. The van der Waals surface area contributed by atoms with Crippen molar-refractivity contribution < 1.29 is 13.2 Å². The lowest BCUT2D eigenvalue weighted by Gasteiger charge is -2.36. The van der Waals surface area contributed by atoms with E-state index in [0.717, 1.165) is 30.0 Å². The molecule has 2 heterocycles. The van der Waals surface area contributed by atoms with E-state index >= 15 is 0 Å². The maximum absolute atomic E-state index is 12.7. The van der Waals surface area contributed by atoms with Gasteiger partial charge in [0.1, 0.15) is 0 Å². The van der Waals surface area contributed by atoms with Crippen LogP contribution in [0.1, 0.15) is 17.5 Å². The lowest BCUT2D eigenvalue weighted by Crippen LogP contribution is -2.32. The van der Waals surface area contributed by atoms with Gasteiger partial charge in [0.05, 0.1) is 16.0 Å². The normalized spacial score (nSPS) is 18.0. The molecule has 124 valence electrons. The Hall–Kier alpha value is -1.08. The molecule has 2 nitrogen and oxygen atoms in total. The van der Waals surface area contributed by atoms with Crippen LogP contribution >= 0.6 is 23.5 Å². The first kappa shape index (κ1) is 16.8. The molecule has 1 aromatic heterocycles. The van der Waals surface area contributed by atoms with E-state index in [-0.39, 0.29) is 4.08 Å². The van der Waals surface area contributed by atoms with Crippen molar-refractivity contribution in [2.24, 2.45) is 0 Å². The number of nitrogens with zero attached hydrogens (tertiary/aromatic N) is 2. The summed E-state index contributed by atoms with van der Waals surface area (Å²) in [5, 5.41) is 0. The molecule has 23 heavy (non-hydrogen) atoms. The first-order chi connectivity index (χ1) is 11.0. The maximum Gasteiger partial charge on any atom is 0.416 e. The molecule has 2 aromatic rings. The van der Waals surface area contributed by atoms with Gasteiger partial charge in [-0.2, -0.15) is 13.2 Å². The number of benzene rings is 1. The van der Waals surface area contributed by atoms with Crippen molar-refractivity contribution in [1.82, 2.24) is 9.55 Å². The highest BCUT2D eigenvalue weighted by atomic mass is 32.2. The molecule has 0 atom stereocenters. The fraction of sp³-hybridized carbons (Fsp3) is 0.438. The predicted octanol–water partition coefficient (Wildman–Crippen LogP) is 4.71. The van der Waals surface area contributed by atoms with Crippen LogP contribution in [-0.2, 0) is 19.1 Å². The summed E-state index contributed by atoms with van der Waals surface area (Å²) >= 11 is 3.81. The van der Waals surface area contributed by atoms with Crippen LogP contribution in [-0.4, -0.2) is 25.1 Å². The third-order valence-corrected chi connectivity index (χ3v) is 7.05. The van der Waals surface area contributed by atoms with Crippen molar-refractivity contribution in [3.63, 3.8) is 0 Å². The number of hydrogen-bond acceptors (Lipinski definition) is 3. The van der Waals surface area contributed by atoms with Crippen molar-refractivity contribution in [1.29, 1.82) is 0 Å². The van der Waals surface area contributed by atoms with Crippen LogP contribution in [0.5, 0.6) is 0 Å². The molecule has 0 N–H and O–H groups in total. The smallest absolute Gasteiger partial charge is 0.335 e. The molecule has 0 aliphatic carbocycles. The van der Waals surface area contributed by atoms with Gasteiger partial charge in [0.25, 0.3) is 0 Å². The summed E-state index contributed by atoms with van der Waals surface area (Å²) in [6.07, 6.45) is 3.13. The molecule has 0 saturated carbocycles. The standard InChI is InChI=1S/C16H17F3N2S2/c17-16(18,19)14-4-2-13(3-5-14)10-15(22-8-1-9-23-15)11-21-7-6-20-12-21/h2-7,12H,1,8-11H2. The molecule has 0 radical (unpaired) electrons. The van der Waals surface area contributed by atoms with E-state index in [1.807, 2.05) is 29.7 Å². The Kier molecular flexibility index (Phi) is 4.96. The van der Waals surface area contributed by atoms with E-state index in [0.29, 0.717) is 0 Å². The van der Waals surface area contributed by atoms with E-state index in [4.69, 9.17) is 0 Å². The molecule has 1 fully saturated rings. The van der Waals surface area contributed by atoms with Crippen molar-refractivity contribution in [2.75, 3.05) is 11.5 Å². The monoisotopic (exact) mass is 358 g/mol. The van der Waals surface area contributed by atoms with Gasteiger partial charge in [0.15, 0.2) is 0 Å². The second-order valence-electron chi connectivity index (χ2n) is 5.57. The topological polar surface area (TPSA) is 17.8 Å². The van der Waals surface area contributed by atoms with Gasteiger partial charge < -0.3 is 4.57 Å². The number of aromatic nitrogens is 2. The minimum absolute atomic E-state index is 0.0430. The summed E-state index contributed by atoms with van der Waals surface area (Å²) in [4.78, 5) is 4.08. The summed E-state index contributed by atoms with van der Waals surface area (Å²) in [6.45, 7) is 0.809. The van der Waals surface area contributed by atoms with Gasteiger partial charge >= 0.3 is 6.18 Å². The Bertz CT molecular complexity index is 618. The zero-order chi connectivity index (χ0) is 16.3. The minimum atomic E-state index is -4.28. The van der Waals surface area contributed by atoms with Crippen molar-refractivity contribution in [2.45, 2.75) is 29.6 Å². The Morgan fingerprint density at radius 1 is 1.13 bits per heavy atom. The molecule has 1 aromatic carbocycles. The molecule has 7 heteroatoms. The summed E-state index contributed by atoms with van der Waals surface area (Å²) in [6, 6.07) is 5.57. The second kappa shape index (κ2) is 6.81. The van der Waals surface area contributed by atoms with E-state index in [1.54, 1.807) is 24.7 Å². The van der Waals surface area contributed by atoms with Crippen LogP contribution in [0.4, 0.5) is 13.2 Å². The molecule has 1 aliphatic rings. The van der Waals surface area contributed by atoms with Gasteiger partial charge in [-0.1, -0.05) is 12.1 Å². The number of rotatable bonds is 4. The fourth-order valence-electron chi connectivity index (χ4n) is 2.65. The molecule has 0 unspecified atom stereocenters. The molecular weight excluding hydrogens is 341 g/mol. The molecular formula is C16H17F3N2S2. The zero-order valence-electron chi connectivity index (χ0n) is 12.4. The summed E-state index contributed by atoms with van der Waals surface area (Å²) in [5.74, 6) is 2.17. The summed E-state index contributed by atoms with van der Waals surface area (Å²) in [5.41, 5.74) is 0.355. The number of alkyl halides is 3. The summed E-state index contributed by atoms with van der Waals surface area (Å²) < 4.78 is 40.1. The SMILES string of the molecule is FC(F)(F)c1ccc(CC2(Cn3ccnc3)SCCCS2)cc1. The highest BCUT2D eigenvalue weighted by Gasteiger charge is 2.35. The van der Waals surface area contributed by atoms with E-state index in [2.05, 4.69) is 9.55 Å². The van der Waals surface area contributed by atoms with E-state index in [9.17, 15) is 13.2 Å². The van der Waals surface area contributed by atoms with Crippen LogP contribution in [0.2, 0.25) is 0 Å². The Morgan fingerprint density at radius 2 is 1.83 bits per heavy atom. The lowest BCUT2D eigenvalue weighted by molar-refractivity contribution is -0.137. The molecule has 1 saturated heterocycles. The van der Waals surface area contributed by atoms with Crippen molar-refractivity contribution >= 4 is 23.5 Å². The van der Waals surface area contributed by atoms with Gasteiger partial charge in [-0.15, -0.1) is 23.5 Å². The Morgan fingerprint density at radius 3 is 2.39 bits per heavy atom. The van der Waals surface area contributed by atoms with Gasteiger partial charge in [0.2, 0.25) is 0 Å². The number of halogens is 3. The highest BCUT2D eigenvalue weighted by molar-refractivity contribution is 8.18. The van der Waals surface area contributed by atoms with Crippen LogP contribution in [0.25, 0.3) is 0 Å². The van der Waals surface area contributed by atoms with Crippen LogP contribution in [0.3, 0.4) is 0 Å². The quantitative estimate of drug-likeness (QED) is 0.788. The van der Waals surface area contributed by atoms with E-state index in [1.165, 1.54) is 18.6 Å². The average Bonchev–Trinajstić information content (AvgIpc) is 3.00. The van der Waals surface area contributed by atoms with Crippen LogP contribution in [0.15, 0.2) is 43.0 Å². The van der Waals surface area contributed by atoms with Gasteiger partial charge in [-0.25, -0.2) is 4.98 Å². The van der Waals surface area contributed by atoms with Crippen molar-refractivity contribution in [3.05, 3.63) is 54.1 Å². The zero-order valence-corrected chi connectivity index (χ0v) is 14.1. The van der Waals surface area contributed by atoms with Crippen LogP contribution in [0, 0.1) is 0 Å². The molecule has 0 spiro atoms. The molecule has 3 rings (SSSR count). The Balaban J connectivity index is 1.78. The van der Waals surface area contributed by atoms with Gasteiger partial charge in [-0.05, 0) is 42.0 Å². The molecule has 1 aliphatic heterocycles. The fourth-order valence-corrected chi connectivity index (χ4v) is 6.00. The molecule has 0 amide bonds.